The summed E-state index contributed by atoms with van der Waals surface area (Å²) in [6, 6.07) is 0. The highest BCUT2D eigenvalue weighted by atomic mass is 35.5. The fourth-order valence-electron chi connectivity index (χ4n) is 1.57. The van der Waals surface area contributed by atoms with Crippen LogP contribution in [-0.2, 0) is 6.54 Å². The Kier molecular flexibility index (Phi) is 3.61. The molecular formula is C10H12Cl2N4. The zero-order valence-electron chi connectivity index (χ0n) is 8.95. The lowest BCUT2D eigenvalue weighted by Gasteiger charge is -2.02. The fourth-order valence-corrected chi connectivity index (χ4v) is 1.99. The molecule has 0 amide bonds. The summed E-state index contributed by atoms with van der Waals surface area (Å²) >= 11 is 11.7. The second-order valence-corrected chi connectivity index (χ2v) is 4.29. The van der Waals surface area contributed by atoms with Crippen LogP contribution in [0, 0.1) is 0 Å². The number of hydrogen-bond acceptors (Lipinski definition) is 3. The van der Waals surface area contributed by atoms with Crippen LogP contribution in [0.2, 0.25) is 10.4 Å². The molecule has 4 nitrogen and oxygen atoms in total. The van der Waals surface area contributed by atoms with Crippen LogP contribution in [0.25, 0.3) is 11.0 Å². The average Bonchev–Trinajstić information content (AvgIpc) is 2.62. The van der Waals surface area contributed by atoms with E-state index in [1.807, 2.05) is 4.68 Å². The van der Waals surface area contributed by atoms with Gasteiger partial charge in [0.05, 0.1) is 11.6 Å². The van der Waals surface area contributed by atoms with Crippen molar-refractivity contribution in [3.05, 3.63) is 16.6 Å². The predicted octanol–water partition coefficient (Wildman–Crippen LogP) is 3.32. The first-order valence-electron chi connectivity index (χ1n) is 5.27. The zero-order valence-corrected chi connectivity index (χ0v) is 10.5. The van der Waals surface area contributed by atoms with Crippen LogP contribution >= 0.6 is 23.2 Å². The minimum atomic E-state index is 0.162. The lowest BCUT2D eigenvalue weighted by atomic mass is 10.2. The Morgan fingerprint density at radius 2 is 2.06 bits per heavy atom. The van der Waals surface area contributed by atoms with E-state index in [2.05, 4.69) is 22.0 Å². The Bertz CT molecular complexity index is 495. The number of rotatable bonds is 4. The van der Waals surface area contributed by atoms with Crippen molar-refractivity contribution in [3.63, 3.8) is 0 Å². The van der Waals surface area contributed by atoms with Crippen LogP contribution in [0.1, 0.15) is 26.2 Å². The number of halogens is 2. The van der Waals surface area contributed by atoms with Gasteiger partial charge in [-0.15, -0.1) is 0 Å². The summed E-state index contributed by atoms with van der Waals surface area (Å²) in [7, 11) is 0. The van der Waals surface area contributed by atoms with Gasteiger partial charge >= 0.3 is 0 Å². The lowest BCUT2D eigenvalue weighted by Crippen LogP contribution is -2.01. The van der Waals surface area contributed by atoms with Crippen LogP contribution in [-0.4, -0.2) is 19.7 Å². The van der Waals surface area contributed by atoms with E-state index in [1.165, 1.54) is 12.8 Å². The fraction of sp³-hybridized carbons (Fsp3) is 0.500. The van der Waals surface area contributed by atoms with Gasteiger partial charge in [-0.3, -0.25) is 0 Å². The number of nitrogens with zero attached hydrogens (tertiary/aromatic N) is 4. The van der Waals surface area contributed by atoms with E-state index in [0.29, 0.717) is 10.8 Å². The van der Waals surface area contributed by atoms with E-state index in [0.717, 1.165) is 18.4 Å². The minimum Gasteiger partial charge on any atom is -0.247 e. The number of unbranched alkanes of at least 4 members (excludes halogenated alkanes) is 2. The van der Waals surface area contributed by atoms with Crippen molar-refractivity contribution in [1.29, 1.82) is 0 Å². The summed E-state index contributed by atoms with van der Waals surface area (Å²) < 4.78 is 1.82. The van der Waals surface area contributed by atoms with Crippen molar-refractivity contribution in [1.82, 2.24) is 19.7 Å². The molecular weight excluding hydrogens is 247 g/mol. The third kappa shape index (κ3) is 2.28. The quantitative estimate of drug-likeness (QED) is 0.480. The summed E-state index contributed by atoms with van der Waals surface area (Å²) in [6.45, 7) is 3.00. The van der Waals surface area contributed by atoms with E-state index < -0.39 is 0 Å². The Morgan fingerprint density at radius 3 is 2.81 bits per heavy atom. The molecule has 2 aromatic rings. The third-order valence-electron chi connectivity index (χ3n) is 2.40. The minimum absolute atomic E-state index is 0.162. The molecule has 0 saturated carbocycles. The highest BCUT2D eigenvalue weighted by molar-refractivity contribution is 6.35. The van der Waals surface area contributed by atoms with Crippen LogP contribution in [0.5, 0.6) is 0 Å². The molecule has 0 aliphatic heterocycles. The molecule has 16 heavy (non-hydrogen) atoms. The van der Waals surface area contributed by atoms with Gasteiger partial charge in [-0.05, 0) is 18.0 Å². The molecule has 0 N–H and O–H groups in total. The van der Waals surface area contributed by atoms with Crippen LogP contribution in [0.3, 0.4) is 0 Å². The molecule has 0 aromatic carbocycles. The first-order valence-corrected chi connectivity index (χ1v) is 6.02. The first-order chi connectivity index (χ1) is 7.72. The van der Waals surface area contributed by atoms with E-state index in [-0.39, 0.29) is 5.28 Å². The van der Waals surface area contributed by atoms with E-state index in [1.54, 1.807) is 6.20 Å². The van der Waals surface area contributed by atoms with Crippen molar-refractivity contribution in [2.24, 2.45) is 0 Å². The first kappa shape index (κ1) is 11.6. The molecule has 2 heterocycles. The summed E-state index contributed by atoms with van der Waals surface area (Å²) in [6.07, 6.45) is 5.11. The SMILES string of the molecule is CCCCCn1ncc2c(Cl)nc(Cl)nc21. The largest absolute Gasteiger partial charge is 0.247 e. The van der Waals surface area contributed by atoms with Gasteiger partial charge in [0.25, 0.3) is 0 Å². The van der Waals surface area contributed by atoms with Gasteiger partial charge in [0.1, 0.15) is 5.15 Å². The standard InChI is InChI=1S/C10H12Cl2N4/c1-2-3-4-5-16-9-7(6-13-16)8(11)14-10(12)15-9/h6H,2-5H2,1H3. The molecule has 0 radical (unpaired) electrons. The molecule has 0 bridgehead atoms. The number of fused-ring (bicyclic) bond motifs is 1. The van der Waals surface area contributed by atoms with Gasteiger partial charge in [-0.25, -0.2) is 9.67 Å². The molecule has 6 heteroatoms. The smallest absolute Gasteiger partial charge is 0.225 e. The molecule has 0 spiro atoms. The summed E-state index contributed by atoms with van der Waals surface area (Å²) in [4.78, 5) is 8.02. The topological polar surface area (TPSA) is 43.6 Å². The van der Waals surface area contributed by atoms with Gasteiger partial charge < -0.3 is 0 Å². The molecule has 0 aliphatic rings. The van der Waals surface area contributed by atoms with Crippen molar-refractivity contribution >= 4 is 34.2 Å². The maximum absolute atomic E-state index is 5.95. The van der Waals surface area contributed by atoms with Crippen LogP contribution in [0.15, 0.2) is 6.20 Å². The number of hydrogen-bond donors (Lipinski definition) is 0. The molecule has 0 unspecified atom stereocenters. The normalized spacial score (nSPS) is 11.2. The second-order valence-electron chi connectivity index (χ2n) is 3.60. The van der Waals surface area contributed by atoms with Gasteiger partial charge in [0, 0.05) is 6.54 Å². The van der Waals surface area contributed by atoms with Gasteiger partial charge in [-0.1, -0.05) is 31.4 Å². The van der Waals surface area contributed by atoms with Crippen molar-refractivity contribution in [2.75, 3.05) is 0 Å². The monoisotopic (exact) mass is 258 g/mol. The molecule has 86 valence electrons. The average molecular weight is 259 g/mol. The van der Waals surface area contributed by atoms with E-state index >= 15 is 0 Å². The van der Waals surface area contributed by atoms with Gasteiger partial charge in [0.2, 0.25) is 5.28 Å². The Hall–Kier alpha value is -0.870. The van der Waals surface area contributed by atoms with Crippen LogP contribution < -0.4 is 0 Å². The van der Waals surface area contributed by atoms with Crippen molar-refractivity contribution < 1.29 is 0 Å². The Balaban J connectivity index is 2.32. The molecule has 0 atom stereocenters. The number of aromatic nitrogens is 4. The molecule has 2 rings (SSSR count). The van der Waals surface area contributed by atoms with Crippen LogP contribution in [0.4, 0.5) is 0 Å². The van der Waals surface area contributed by atoms with Crippen molar-refractivity contribution in [2.45, 2.75) is 32.7 Å². The summed E-state index contributed by atoms with van der Waals surface area (Å²) in [5.41, 5.74) is 0.709. The maximum atomic E-state index is 5.95. The Labute approximate surface area is 104 Å². The predicted molar refractivity (Wildman–Crippen MR) is 64.9 cm³/mol. The molecule has 0 fully saturated rings. The lowest BCUT2D eigenvalue weighted by molar-refractivity contribution is 0.564. The maximum Gasteiger partial charge on any atom is 0.225 e. The Morgan fingerprint density at radius 1 is 1.25 bits per heavy atom. The zero-order chi connectivity index (χ0) is 11.5. The van der Waals surface area contributed by atoms with Gasteiger partial charge in [0.15, 0.2) is 5.65 Å². The third-order valence-corrected chi connectivity index (χ3v) is 2.85. The van der Waals surface area contributed by atoms with Gasteiger partial charge in [-0.2, -0.15) is 10.1 Å². The number of aryl methyl sites for hydroxylation is 1. The highest BCUT2D eigenvalue weighted by Gasteiger charge is 2.10. The molecule has 0 saturated heterocycles. The molecule has 0 aliphatic carbocycles. The highest BCUT2D eigenvalue weighted by Crippen LogP contribution is 2.21. The molecule has 2 aromatic heterocycles. The second kappa shape index (κ2) is 4.97. The summed E-state index contributed by atoms with van der Waals surface area (Å²) in [5.74, 6) is 0. The van der Waals surface area contributed by atoms with E-state index in [4.69, 9.17) is 23.2 Å². The summed E-state index contributed by atoms with van der Waals surface area (Å²) in [5, 5.41) is 5.51. The van der Waals surface area contributed by atoms with E-state index in [9.17, 15) is 0 Å². The van der Waals surface area contributed by atoms with Crippen molar-refractivity contribution in [3.8, 4) is 0 Å².